The third kappa shape index (κ3) is 3.81. The Morgan fingerprint density at radius 3 is 2.89 bits per heavy atom. The summed E-state index contributed by atoms with van der Waals surface area (Å²) >= 11 is 0. The number of hydrogen-bond donors (Lipinski definition) is 2. The number of aromatic nitrogens is 1. The lowest BCUT2D eigenvalue weighted by atomic mass is 9.99. The number of nitrogens with zero attached hydrogens (tertiary/aromatic N) is 2. The first-order valence-electron chi connectivity index (χ1n) is 9.29. The van der Waals surface area contributed by atoms with Gasteiger partial charge in [0, 0.05) is 48.7 Å². The molecule has 1 aromatic heterocycles. The first-order chi connectivity index (χ1) is 13.5. The molecule has 1 amide bonds. The maximum atomic E-state index is 13.2. The number of rotatable bonds is 4. The number of carbonyl (C=O) groups excluding carboxylic acids is 1. The molecule has 0 aliphatic carbocycles. The Hall–Kier alpha value is -3.01. The zero-order valence-corrected chi connectivity index (χ0v) is 15.6. The van der Waals surface area contributed by atoms with Gasteiger partial charge in [0.2, 0.25) is 0 Å². The number of fused-ring (bicyclic) bond motifs is 1. The molecule has 0 saturated carbocycles. The first kappa shape index (κ1) is 18.4. The molecule has 3 aromatic rings. The van der Waals surface area contributed by atoms with Gasteiger partial charge < -0.3 is 11.1 Å². The van der Waals surface area contributed by atoms with E-state index < -0.39 is 11.7 Å². The summed E-state index contributed by atoms with van der Waals surface area (Å²) in [6.45, 7) is 5.94. The van der Waals surface area contributed by atoms with E-state index in [0.717, 1.165) is 42.7 Å². The number of primary amides is 1. The highest BCUT2D eigenvalue weighted by atomic mass is 19.1. The van der Waals surface area contributed by atoms with Gasteiger partial charge in [0.1, 0.15) is 5.69 Å². The van der Waals surface area contributed by atoms with Crippen molar-refractivity contribution < 1.29 is 9.18 Å². The van der Waals surface area contributed by atoms with Crippen molar-refractivity contribution in [3.8, 4) is 11.1 Å². The van der Waals surface area contributed by atoms with Crippen LogP contribution in [0.3, 0.4) is 0 Å². The zero-order chi connectivity index (χ0) is 19.7. The topological polar surface area (TPSA) is 71.2 Å². The number of pyridine rings is 1. The fraction of sp³-hybridized carbons (Fsp3) is 0.273. The van der Waals surface area contributed by atoms with Crippen LogP contribution in [0.25, 0.3) is 22.0 Å². The van der Waals surface area contributed by atoms with Gasteiger partial charge in [-0.3, -0.25) is 9.69 Å². The molecule has 28 heavy (non-hydrogen) atoms. The molecular weight excluding hydrogens is 355 g/mol. The van der Waals surface area contributed by atoms with Crippen LogP contribution in [-0.4, -0.2) is 41.5 Å². The van der Waals surface area contributed by atoms with Gasteiger partial charge >= 0.3 is 0 Å². The average Bonchev–Trinajstić information content (AvgIpc) is 2.67. The second kappa shape index (κ2) is 7.55. The summed E-state index contributed by atoms with van der Waals surface area (Å²) in [5, 5.41) is 4.30. The SMILES string of the molecule is CC1CN(Cc2ccc3c(-c4c#cc(F)cc4)cc(C(N)=O)nc3c2)CCN1. The van der Waals surface area contributed by atoms with Gasteiger partial charge in [0.05, 0.1) is 5.52 Å². The fourth-order valence-electron chi connectivity index (χ4n) is 3.66. The van der Waals surface area contributed by atoms with Gasteiger partial charge in [-0.1, -0.05) is 18.2 Å². The largest absolute Gasteiger partial charge is 0.364 e. The summed E-state index contributed by atoms with van der Waals surface area (Å²) in [5.41, 5.74) is 8.84. The van der Waals surface area contributed by atoms with Crippen molar-refractivity contribution in [3.63, 3.8) is 0 Å². The zero-order valence-electron chi connectivity index (χ0n) is 15.6. The van der Waals surface area contributed by atoms with Crippen molar-refractivity contribution in [2.45, 2.75) is 19.5 Å². The van der Waals surface area contributed by atoms with E-state index in [9.17, 15) is 9.18 Å². The summed E-state index contributed by atoms with van der Waals surface area (Å²) in [7, 11) is 0. The predicted octanol–water partition coefficient (Wildman–Crippen LogP) is 2.53. The van der Waals surface area contributed by atoms with Gasteiger partial charge in [-0.25, -0.2) is 4.98 Å². The van der Waals surface area contributed by atoms with Crippen molar-refractivity contribution in [1.82, 2.24) is 15.2 Å². The quantitative estimate of drug-likeness (QED) is 0.734. The van der Waals surface area contributed by atoms with E-state index in [0.29, 0.717) is 17.1 Å². The molecular formula is C22H21FN4O. The Balaban J connectivity index is 1.75. The number of nitrogens with two attached hydrogens (primary N) is 1. The van der Waals surface area contributed by atoms with Crippen LogP contribution < -0.4 is 11.1 Å². The molecule has 1 atom stereocenters. The average molecular weight is 376 g/mol. The van der Waals surface area contributed by atoms with Crippen LogP contribution in [0.5, 0.6) is 0 Å². The highest BCUT2D eigenvalue weighted by molar-refractivity contribution is 6.00. The Kier molecular flexibility index (Phi) is 4.95. The maximum absolute atomic E-state index is 13.2. The van der Waals surface area contributed by atoms with E-state index in [1.807, 2.05) is 12.1 Å². The van der Waals surface area contributed by atoms with Crippen molar-refractivity contribution >= 4 is 16.8 Å². The lowest BCUT2D eigenvalue weighted by Crippen LogP contribution is -2.48. The van der Waals surface area contributed by atoms with E-state index in [-0.39, 0.29) is 5.69 Å². The van der Waals surface area contributed by atoms with Crippen LogP contribution in [0.15, 0.2) is 36.4 Å². The van der Waals surface area contributed by atoms with Crippen LogP contribution in [0.4, 0.5) is 4.39 Å². The third-order valence-corrected chi connectivity index (χ3v) is 4.99. The highest BCUT2D eigenvalue weighted by Crippen LogP contribution is 2.29. The Morgan fingerprint density at radius 1 is 1.32 bits per heavy atom. The maximum Gasteiger partial charge on any atom is 0.267 e. The van der Waals surface area contributed by atoms with Gasteiger partial charge in [-0.15, -0.1) is 0 Å². The molecule has 2 aromatic carbocycles. The molecule has 142 valence electrons. The van der Waals surface area contributed by atoms with Crippen molar-refractivity contribution in [2.75, 3.05) is 19.6 Å². The normalized spacial score (nSPS) is 17.4. The lowest BCUT2D eigenvalue weighted by molar-refractivity contribution is 0.0996. The molecule has 1 fully saturated rings. The standard InChI is InChI=1S/C22H21FN4O/c1-14-12-27(9-8-25-14)13-15-2-7-18-19(16-3-5-17(23)6-4-16)11-21(22(24)28)26-20(18)10-15/h2-3,5,7,10-11,14,25H,8-9,12-13H2,1H3,(H2,24,28). The van der Waals surface area contributed by atoms with E-state index in [1.54, 1.807) is 12.1 Å². The molecule has 1 aliphatic heterocycles. The molecule has 6 heteroatoms. The molecule has 1 saturated heterocycles. The molecule has 4 rings (SSSR count). The number of amides is 1. The molecule has 3 N–H and O–H groups in total. The number of carbonyl (C=O) groups is 1. The van der Waals surface area contributed by atoms with E-state index >= 15 is 0 Å². The number of halogens is 1. The fourth-order valence-corrected chi connectivity index (χ4v) is 3.66. The molecule has 5 nitrogen and oxygen atoms in total. The second-order valence-electron chi connectivity index (χ2n) is 7.21. The van der Waals surface area contributed by atoms with Crippen LogP contribution >= 0.6 is 0 Å². The van der Waals surface area contributed by atoms with Gasteiger partial charge in [-0.2, -0.15) is 4.39 Å². The Bertz CT molecular complexity index is 1020. The van der Waals surface area contributed by atoms with Gasteiger partial charge in [-0.05, 0) is 42.8 Å². The molecule has 0 bridgehead atoms. The summed E-state index contributed by atoms with van der Waals surface area (Å²) in [6, 6.07) is 16.3. The summed E-state index contributed by atoms with van der Waals surface area (Å²) < 4.78 is 13.2. The number of hydrogen-bond acceptors (Lipinski definition) is 4. The minimum Gasteiger partial charge on any atom is -0.364 e. The Labute approximate surface area is 163 Å². The van der Waals surface area contributed by atoms with Gasteiger partial charge in [0.25, 0.3) is 5.91 Å². The van der Waals surface area contributed by atoms with Crippen molar-refractivity contribution in [2.24, 2.45) is 5.73 Å². The molecule has 1 unspecified atom stereocenters. The van der Waals surface area contributed by atoms with E-state index in [4.69, 9.17) is 5.73 Å². The molecule has 0 radical (unpaired) electrons. The summed E-state index contributed by atoms with van der Waals surface area (Å²) in [6.07, 6.45) is 0. The minimum absolute atomic E-state index is 0.174. The Morgan fingerprint density at radius 2 is 2.18 bits per heavy atom. The molecule has 1 aliphatic rings. The predicted molar refractivity (Wildman–Crippen MR) is 106 cm³/mol. The van der Waals surface area contributed by atoms with Crippen LogP contribution in [0, 0.1) is 17.9 Å². The number of nitrogens with one attached hydrogen (secondary N) is 1. The molecule has 0 spiro atoms. The van der Waals surface area contributed by atoms with Crippen LogP contribution in [0.2, 0.25) is 0 Å². The van der Waals surface area contributed by atoms with Crippen molar-refractivity contribution in [3.05, 3.63) is 65.6 Å². The first-order valence-corrected chi connectivity index (χ1v) is 9.29. The number of piperazine rings is 1. The van der Waals surface area contributed by atoms with E-state index in [1.165, 1.54) is 6.07 Å². The minimum atomic E-state index is -0.601. The molecule has 2 heterocycles. The van der Waals surface area contributed by atoms with Crippen LogP contribution in [0.1, 0.15) is 23.0 Å². The highest BCUT2D eigenvalue weighted by Gasteiger charge is 2.17. The summed E-state index contributed by atoms with van der Waals surface area (Å²) in [4.78, 5) is 18.6. The monoisotopic (exact) mass is 376 g/mol. The van der Waals surface area contributed by atoms with Crippen molar-refractivity contribution in [1.29, 1.82) is 0 Å². The smallest absolute Gasteiger partial charge is 0.267 e. The third-order valence-electron chi connectivity index (χ3n) is 4.99. The lowest BCUT2D eigenvalue weighted by Gasteiger charge is -2.31. The summed E-state index contributed by atoms with van der Waals surface area (Å²) in [5.74, 6) is -1.08. The number of benzene rings is 1. The second-order valence-corrected chi connectivity index (χ2v) is 7.21. The van der Waals surface area contributed by atoms with Crippen LogP contribution in [-0.2, 0) is 6.54 Å². The van der Waals surface area contributed by atoms with Gasteiger partial charge in [0.15, 0.2) is 5.82 Å². The van der Waals surface area contributed by atoms with E-state index in [2.05, 4.69) is 40.3 Å².